The molecule has 2 amide bonds. The Hall–Kier alpha value is -2.83. The molecule has 2 aliphatic heterocycles. The summed E-state index contributed by atoms with van der Waals surface area (Å²) in [5.74, 6) is 0.489. The van der Waals surface area contributed by atoms with Crippen LogP contribution in [0.2, 0.25) is 0 Å². The molecule has 7 heteroatoms. The Bertz CT molecular complexity index is 918. The Morgan fingerprint density at radius 3 is 2.82 bits per heavy atom. The number of nitrogens with zero attached hydrogens (tertiary/aromatic N) is 4. The molecule has 2 aromatic rings. The van der Waals surface area contributed by atoms with Crippen molar-refractivity contribution in [3.05, 3.63) is 46.8 Å². The fourth-order valence-electron chi connectivity index (χ4n) is 3.98. The molecule has 2 aliphatic rings. The van der Waals surface area contributed by atoms with Crippen LogP contribution in [0.1, 0.15) is 41.0 Å². The van der Waals surface area contributed by atoms with Gasteiger partial charge in [0.05, 0.1) is 24.0 Å². The molecule has 0 atom stereocenters. The van der Waals surface area contributed by atoms with Crippen LogP contribution in [0, 0.1) is 12.8 Å². The lowest BCUT2D eigenvalue weighted by Crippen LogP contribution is -2.37. The summed E-state index contributed by atoms with van der Waals surface area (Å²) in [5, 5.41) is 4.40. The number of hydrogen-bond donors (Lipinski definition) is 0. The van der Waals surface area contributed by atoms with Gasteiger partial charge in [0.1, 0.15) is 6.61 Å². The third-order valence-electron chi connectivity index (χ3n) is 5.45. The van der Waals surface area contributed by atoms with Crippen molar-refractivity contribution in [2.75, 3.05) is 24.6 Å². The quantitative estimate of drug-likeness (QED) is 0.815. The standard InChI is InChI=1S/C21H26N4O3/c1-14(2)12-25-15(3)18(11-22-25)20(26)23-8-7-17-16(13-23)5-4-6-19(17)24-9-10-28-21(24)27/h4-6,11,14H,7-10,12-13H2,1-3H3. The molecule has 4 rings (SSSR count). The summed E-state index contributed by atoms with van der Waals surface area (Å²) in [4.78, 5) is 28.6. The van der Waals surface area contributed by atoms with Gasteiger partial charge in [-0.25, -0.2) is 4.79 Å². The van der Waals surface area contributed by atoms with Crippen molar-refractivity contribution in [3.63, 3.8) is 0 Å². The van der Waals surface area contributed by atoms with Crippen LogP contribution < -0.4 is 4.90 Å². The van der Waals surface area contributed by atoms with Crippen molar-refractivity contribution in [1.82, 2.24) is 14.7 Å². The van der Waals surface area contributed by atoms with E-state index in [1.54, 1.807) is 11.1 Å². The summed E-state index contributed by atoms with van der Waals surface area (Å²) in [5.41, 5.74) is 4.72. The molecule has 3 heterocycles. The second-order valence-corrected chi connectivity index (χ2v) is 7.88. The molecule has 0 N–H and O–H groups in total. The summed E-state index contributed by atoms with van der Waals surface area (Å²) in [6, 6.07) is 5.94. The van der Waals surface area contributed by atoms with Gasteiger partial charge in [-0.1, -0.05) is 26.0 Å². The van der Waals surface area contributed by atoms with Crippen LogP contribution in [-0.4, -0.2) is 46.4 Å². The minimum absolute atomic E-state index is 0.0177. The van der Waals surface area contributed by atoms with Gasteiger partial charge in [-0.05, 0) is 36.5 Å². The molecular formula is C21H26N4O3. The Morgan fingerprint density at radius 1 is 1.29 bits per heavy atom. The molecule has 1 aromatic heterocycles. The van der Waals surface area contributed by atoms with Crippen molar-refractivity contribution in [1.29, 1.82) is 0 Å². The highest BCUT2D eigenvalue weighted by Gasteiger charge is 2.30. The molecule has 1 fully saturated rings. The topological polar surface area (TPSA) is 67.7 Å². The Balaban J connectivity index is 1.55. The zero-order chi connectivity index (χ0) is 19.8. The predicted molar refractivity (Wildman–Crippen MR) is 105 cm³/mol. The lowest BCUT2D eigenvalue weighted by atomic mass is 9.96. The van der Waals surface area contributed by atoms with Gasteiger partial charge >= 0.3 is 6.09 Å². The highest BCUT2D eigenvalue weighted by atomic mass is 16.6. The Kier molecular flexibility index (Phi) is 4.83. The van der Waals surface area contributed by atoms with Crippen molar-refractivity contribution >= 4 is 17.7 Å². The lowest BCUT2D eigenvalue weighted by Gasteiger charge is -2.31. The molecule has 7 nitrogen and oxygen atoms in total. The Morgan fingerprint density at radius 2 is 2.11 bits per heavy atom. The molecule has 0 saturated carbocycles. The van der Waals surface area contributed by atoms with Crippen LogP contribution in [0.3, 0.4) is 0 Å². The van der Waals surface area contributed by atoms with E-state index in [4.69, 9.17) is 4.74 Å². The van der Waals surface area contributed by atoms with Gasteiger partial charge in [0.15, 0.2) is 0 Å². The third-order valence-corrected chi connectivity index (χ3v) is 5.45. The van der Waals surface area contributed by atoms with Crippen molar-refractivity contribution in [2.24, 2.45) is 5.92 Å². The lowest BCUT2D eigenvalue weighted by molar-refractivity contribution is 0.0733. The summed E-state index contributed by atoms with van der Waals surface area (Å²) in [6.45, 7) is 9.20. The smallest absolute Gasteiger partial charge is 0.414 e. The average Bonchev–Trinajstić information content (AvgIpc) is 3.26. The van der Waals surface area contributed by atoms with Crippen LogP contribution in [0.4, 0.5) is 10.5 Å². The molecule has 0 unspecified atom stereocenters. The van der Waals surface area contributed by atoms with Gasteiger partial charge in [-0.3, -0.25) is 14.4 Å². The van der Waals surface area contributed by atoms with E-state index in [1.165, 1.54) is 0 Å². The van der Waals surface area contributed by atoms with E-state index in [9.17, 15) is 9.59 Å². The van der Waals surface area contributed by atoms with Crippen LogP contribution in [-0.2, 0) is 24.2 Å². The first kappa shape index (κ1) is 18.5. The van der Waals surface area contributed by atoms with E-state index < -0.39 is 0 Å². The highest BCUT2D eigenvalue weighted by Crippen LogP contribution is 2.31. The maximum Gasteiger partial charge on any atom is 0.414 e. The fourth-order valence-corrected chi connectivity index (χ4v) is 3.98. The summed E-state index contributed by atoms with van der Waals surface area (Å²) in [6.07, 6.45) is 2.12. The number of carbonyl (C=O) groups excluding carboxylic acids is 2. The molecule has 0 aliphatic carbocycles. The highest BCUT2D eigenvalue weighted by molar-refractivity contribution is 5.95. The van der Waals surface area contributed by atoms with Gasteiger partial charge in [-0.2, -0.15) is 5.10 Å². The zero-order valence-corrected chi connectivity index (χ0v) is 16.6. The minimum atomic E-state index is -0.292. The maximum absolute atomic E-state index is 13.1. The summed E-state index contributed by atoms with van der Waals surface area (Å²) < 4.78 is 6.99. The third kappa shape index (κ3) is 3.25. The van der Waals surface area contributed by atoms with Crippen molar-refractivity contribution < 1.29 is 14.3 Å². The number of carbonyl (C=O) groups is 2. The monoisotopic (exact) mass is 382 g/mol. The normalized spacial score (nSPS) is 16.5. The molecule has 0 bridgehead atoms. The van der Waals surface area contributed by atoms with Gasteiger partial charge < -0.3 is 9.64 Å². The first-order valence-electron chi connectivity index (χ1n) is 9.82. The number of cyclic esters (lactones) is 1. The molecular weight excluding hydrogens is 356 g/mol. The minimum Gasteiger partial charge on any atom is -0.447 e. The molecule has 0 radical (unpaired) electrons. The second kappa shape index (κ2) is 7.30. The van der Waals surface area contributed by atoms with E-state index in [-0.39, 0.29) is 12.0 Å². The van der Waals surface area contributed by atoms with E-state index in [2.05, 4.69) is 18.9 Å². The van der Waals surface area contributed by atoms with Crippen molar-refractivity contribution in [3.8, 4) is 0 Å². The number of anilines is 1. The van der Waals surface area contributed by atoms with Crippen molar-refractivity contribution in [2.45, 2.75) is 40.3 Å². The zero-order valence-electron chi connectivity index (χ0n) is 16.6. The van der Waals surface area contributed by atoms with Crippen LogP contribution in [0.5, 0.6) is 0 Å². The molecule has 148 valence electrons. The van der Waals surface area contributed by atoms with E-state index >= 15 is 0 Å². The van der Waals surface area contributed by atoms with Gasteiger partial charge in [0.25, 0.3) is 5.91 Å². The number of fused-ring (bicyclic) bond motifs is 1. The number of aromatic nitrogens is 2. The maximum atomic E-state index is 13.1. The largest absolute Gasteiger partial charge is 0.447 e. The number of rotatable bonds is 4. The SMILES string of the molecule is Cc1c(C(=O)N2CCc3c(cccc3N3CCOC3=O)C2)cnn1CC(C)C. The van der Waals surface area contributed by atoms with Crippen LogP contribution >= 0.6 is 0 Å². The van der Waals surface area contributed by atoms with Gasteiger partial charge in [-0.15, -0.1) is 0 Å². The van der Waals surface area contributed by atoms with E-state index in [0.29, 0.717) is 37.7 Å². The first-order valence-corrected chi connectivity index (χ1v) is 9.82. The van der Waals surface area contributed by atoms with Crippen LogP contribution in [0.15, 0.2) is 24.4 Å². The van der Waals surface area contributed by atoms with E-state index in [0.717, 1.165) is 35.5 Å². The fraction of sp³-hybridized carbons (Fsp3) is 0.476. The van der Waals surface area contributed by atoms with Gasteiger partial charge in [0, 0.05) is 25.3 Å². The summed E-state index contributed by atoms with van der Waals surface area (Å²) in [7, 11) is 0. The number of hydrogen-bond acceptors (Lipinski definition) is 4. The molecule has 28 heavy (non-hydrogen) atoms. The molecule has 0 spiro atoms. The predicted octanol–water partition coefficient (Wildman–Crippen LogP) is 3.00. The summed E-state index contributed by atoms with van der Waals surface area (Å²) >= 11 is 0. The average molecular weight is 382 g/mol. The number of amides is 2. The molecule has 1 aromatic carbocycles. The number of ether oxygens (including phenoxy) is 1. The van der Waals surface area contributed by atoms with Gasteiger partial charge in [0.2, 0.25) is 0 Å². The second-order valence-electron chi connectivity index (χ2n) is 7.88. The molecule has 1 saturated heterocycles. The Labute approximate surface area is 164 Å². The van der Waals surface area contributed by atoms with E-state index in [1.807, 2.05) is 34.7 Å². The number of benzene rings is 1. The first-order chi connectivity index (χ1) is 13.5. The van der Waals surface area contributed by atoms with Crippen LogP contribution in [0.25, 0.3) is 0 Å².